The fourth-order valence-electron chi connectivity index (χ4n) is 6.54. The SMILES string of the molecule is CCCCCCCCCCCCCCNC(=O)[C@H](CC(=O)N[C@@H](CO)C(=N[C@@H](Cc1ccccc1)C(=O)OCc1ccccc1)OCc1ccccc1)NC(=O)OC(C)(C)C. The summed E-state index contributed by atoms with van der Waals surface area (Å²) in [4.78, 5) is 58.5. The van der Waals surface area contributed by atoms with Crippen molar-refractivity contribution in [2.45, 2.75) is 155 Å². The fourth-order valence-corrected chi connectivity index (χ4v) is 6.54. The Bertz CT molecular complexity index is 1720. The van der Waals surface area contributed by atoms with Gasteiger partial charge in [0.2, 0.25) is 17.7 Å². The number of aliphatic imine (C=N–C) groups is 1. The van der Waals surface area contributed by atoms with Gasteiger partial charge in [-0.15, -0.1) is 0 Å². The Morgan fingerprint density at radius 2 is 1.13 bits per heavy atom. The number of amides is 3. The Morgan fingerprint density at radius 1 is 0.639 bits per heavy atom. The smallest absolute Gasteiger partial charge is 0.408 e. The highest BCUT2D eigenvalue weighted by molar-refractivity contribution is 5.93. The molecule has 3 atom stereocenters. The molecule has 0 spiro atoms. The molecular formula is C49H70N4O8. The Morgan fingerprint density at radius 3 is 1.64 bits per heavy atom. The number of ether oxygens (including phenoxy) is 3. The van der Waals surface area contributed by atoms with Crippen molar-refractivity contribution < 1.29 is 38.5 Å². The summed E-state index contributed by atoms with van der Waals surface area (Å²) in [6, 6.07) is 24.2. The van der Waals surface area contributed by atoms with Gasteiger partial charge in [-0.1, -0.05) is 169 Å². The van der Waals surface area contributed by atoms with Crippen molar-refractivity contribution in [1.82, 2.24) is 16.0 Å². The van der Waals surface area contributed by atoms with Crippen molar-refractivity contribution >= 4 is 29.8 Å². The average molecular weight is 843 g/mol. The van der Waals surface area contributed by atoms with Crippen molar-refractivity contribution in [2.75, 3.05) is 13.2 Å². The molecule has 4 N–H and O–H groups in total. The first kappa shape index (κ1) is 50.1. The second kappa shape index (κ2) is 29.1. The van der Waals surface area contributed by atoms with Crippen LogP contribution in [0.1, 0.15) is 128 Å². The maximum Gasteiger partial charge on any atom is 0.408 e. The van der Waals surface area contributed by atoms with Gasteiger partial charge in [0.05, 0.1) is 13.0 Å². The van der Waals surface area contributed by atoms with E-state index in [1.807, 2.05) is 91.0 Å². The zero-order valence-corrected chi connectivity index (χ0v) is 36.9. The summed E-state index contributed by atoms with van der Waals surface area (Å²) in [5.74, 6) is -1.95. The predicted molar refractivity (Wildman–Crippen MR) is 240 cm³/mol. The van der Waals surface area contributed by atoms with Crippen LogP contribution in [0.3, 0.4) is 0 Å². The van der Waals surface area contributed by atoms with Gasteiger partial charge >= 0.3 is 12.1 Å². The molecule has 0 bridgehead atoms. The van der Waals surface area contributed by atoms with Crippen molar-refractivity contribution in [1.29, 1.82) is 0 Å². The second-order valence-corrected chi connectivity index (χ2v) is 16.4. The normalized spacial score (nSPS) is 13.0. The topological polar surface area (TPSA) is 165 Å². The van der Waals surface area contributed by atoms with Crippen LogP contribution in [0.2, 0.25) is 0 Å². The molecule has 0 saturated carbocycles. The highest BCUT2D eigenvalue weighted by Gasteiger charge is 2.30. The lowest BCUT2D eigenvalue weighted by molar-refractivity contribution is -0.146. The minimum Gasteiger partial charge on any atom is -0.475 e. The number of alkyl carbamates (subject to hydrolysis) is 1. The number of aliphatic hydroxyl groups excluding tert-OH is 1. The molecule has 334 valence electrons. The quantitative estimate of drug-likeness (QED) is 0.0245. The number of unbranched alkanes of at least 4 members (excludes halogenated alkanes) is 11. The third-order valence-corrected chi connectivity index (χ3v) is 9.82. The number of rotatable bonds is 28. The van der Waals surface area contributed by atoms with Crippen molar-refractivity contribution in [3.8, 4) is 0 Å². The summed E-state index contributed by atoms with van der Waals surface area (Å²) < 4.78 is 17.3. The van der Waals surface area contributed by atoms with Crippen LogP contribution in [0.25, 0.3) is 0 Å². The molecule has 0 unspecified atom stereocenters. The molecular weight excluding hydrogens is 773 g/mol. The first-order valence-electron chi connectivity index (χ1n) is 22.1. The molecule has 0 aliphatic rings. The van der Waals surface area contributed by atoms with E-state index in [2.05, 4.69) is 22.9 Å². The van der Waals surface area contributed by atoms with Crippen molar-refractivity contribution in [2.24, 2.45) is 4.99 Å². The van der Waals surface area contributed by atoms with Crippen LogP contribution in [0.4, 0.5) is 4.79 Å². The standard InChI is InChI=1S/C49H70N4O8/c1-5-6-7-8-9-10-11-12-13-14-15-25-32-50-45(56)41(53-48(58)61-49(2,3)4)34-44(55)51-43(35-54)46(59-36-39-28-21-17-22-29-39)52-42(33-38-26-19-16-20-27-38)47(57)60-37-40-30-23-18-24-31-40/h16-24,26-31,41-43,54H,5-15,25,32-37H2,1-4H3,(H,50,56)(H,51,55)(H,53,58)/t41-,42-,43-/m0/s1. The van der Waals surface area contributed by atoms with Crippen LogP contribution in [0, 0.1) is 0 Å². The predicted octanol–water partition coefficient (Wildman–Crippen LogP) is 8.53. The minimum absolute atomic E-state index is 0.0213. The summed E-state index contributed by atoms with van der Waals surface area (Å²) in [5.41, 5.74) is 1.55. The molecule has 12 nitrogen and oxygen atoms in total. The molecule has 0 aliphatic carbocycles. The van der Waals surface area contributed by atoms with Crippen LogP contribution in [-0.2, 0) is 48.2 Å². The monoisotopic (exact) mass is 843 g/mol. The van der Waals surface area contributed by atoms with E-state index in [0.717, 1.165) is 42.4 Å². The first-order chi connectivity index (χ1) is 29.5. The number of carbonyl (C=O) groups is 4. The first-order valence-corrected chi connectivity index (χ1v) is 22.1. The van der Waals surface area contributed by atoms with E-state index >= 15 is 0 Å². The molecule has 3 rings (SSSR count). The number of aliphatic hydroxyl groups is 1. The molecule has 0 heterocycles. The Kier molecular flexibility index (Phi) is 23.9. The number of esters is 1. The number of hydrogen-bond donors (Lipinski definition) is 4. The van der Waals surface area contributed by atoms with Gasteiger partial charge in [0, 0.05) is 13.0 Å². The zero-order chi connectivity index (χ0) is 44.1. The lowest BCUT2D eigenvalue weighted by Crippen LogP contribution is -2.52. The van der Waals surface area contributed by atoms with Crippen LogP contribution < -0.4 is 16.0 Å². The van der Waals surface area contributed by atoms with E-state index in [1.165, 1.54) is 51.4 Å². The van der Waals surface area contributed by atoms with Crippen LogP contribution in [0.15, 0.2) is 96.0 Å². The summed E-state index contributed by atoms with van der Waals surface area (Å²) in [5, 5.41) is 18.8. The van der Waals surface area contributed by atoms with Gasteiger partial charge in [-0.05, 0) is 43.9 Å². The van der Waals surface area contributed by atoms with E-state index in [1.54, 1.807) is 20.8 Å². The van der Waals surface area contributed by atoms with Gasteiger partial charge < -0.3 is 35.3 Å². The summed E-state index contributed by atoms with van der Waals surface area (Å²) >= 11 is 0. The second-order valence-electron chi connectivity index (χ2n) is 16.4. The molecule has 3 amide bonds. The summed E-state index contributed by atoms with van der Waals surface area (Å²) in [6.45, 7) is 7.12. The molecule has 0 saturated heterocycles. The summed E-state index contributed by atoms with van der Waals surface area (Å²) in [7, 11) is 0. The van der Waals surface area contributed by atoms with Gasteiger partial charge in [-0.2, -0.15) is 0 Å². The third-order valence-electron chi connectivity index (χ3n) is 9.82. The maximum absolute atomic E-state index is 13.7. The summed E-state index contributed by atoms with van der Waals surface area (Å²) in [6.07, 6.45) is 13.1. The van der Waals surface area contributed by atoms with Crippen molar-refractivity contribution in [3.63, 3.8) is 0 Å². The average Bonchev–Trinajstić information content (AvgIpc) is 3.24. The van der Waals surface area contributed by atoms with Crippen molar-refractivity contribution in [3.05, 3.63) is 108 Å². The molecule has 0 radical (unpaired) electrons. The van der Waals surface area contributed by atoms with Gasteiger partial charge in [0.1, 0.15) is 30.9 Å². The number of carbonyl (C=O) groups excluding carboxylic acids is 4. The van der Waals surface area contributed by atoms with Gasteiger partial charge in [-0.25, -0.2) is 14.6 Å². The molecule has 0 aromatic heterocycles. The molecule has 3 aromatic carbocycles. The van der Waals surface area contributed by atoms with E-state index in [0.29, 0.717) is 6.54 Å². The molecule has 12 heteroatoms. The van der Waals surface area contributed by atoms with Crippen LogP contribution >= 0.6 is 0 Å². The number of benzene rings is 3. The Balaban J connectivity index is 1.72. The lowest BCUT2D eigenvalue weighted by Gasteiger charge is -2.25. The third kappa shape index (κ3) is 22.3. The van der Waals surface area contributed by atoms with Gasteiger partial charge in [0.25, 0.3) is 0 Å². The largest absolute Gasteiger partial charge is 0.475 e. The van der Waals surface area contributed by atoms with E-state index in [4.69, 9.17) is 19.2 Å². The number of nitrogens with one attached hydrogen (secondary N) is 3. The lowest BCUT2D eigenvalue weighted by atomic mass is 10.1. The highest BCUT2D eigenvalue weighted by Crippen LogP contribution is 2.15. The number of hydrogen-bond acceptors (Lipinski definition) is 9. The van der Waals surface area contributed by atoms with E-state index < -0.39 is 60.6 Å². The minimum atomic E-state index is -1.28. The zero-order valence-electron chi connectivity index (χ0n) is 36.9. The Labute approximate surface area is 363 Å². The molecule has 61 heavy (non-hydrogen) atoms. The molecule has 0 fully saturated rings. The fraction of sp³-hybridized carbons (Fsp3) is 0.531. The van der Waals surface area contributed by atoms with Gasteiger partial charge in [0.15, 0.2) is 6.04 Å². The van der Waals surface area contributed by atoms with Gasteiger partial charge in [-0.3, -0.25) is 9.59 Å². The van der Waals surface area contributed by atoms with Crippen LogP contribution in [0.5, 0.6) is 0 Å². The van der Waals surface area contributed by atoms with E-state index in [-0.39, 0.29) is 25.5 Å². The Hall–Kier alpha value is -5.23. The van der Waals surface area contributed by atoms with Crippen LogP contribution in [-0.4, -0.2) is 71.8 Å². The maximum atomic E-state index is 13.7. The highest BCUT2D eigenvalue weighted by atomic mass is 16.6. The molecule has 0 aliphatic heterocycles. The van der Waals surface area contributed by atoms with E-state index in [9.17, 15) is 24.3 Å². The molecule has 3 aromatic rings. The number of nitrogens with zero attached hydrogens (tertiary/aromatic N) is 1.